The van der Waals surface area contributed by atoms with E-state index in [9.17, 15) is 4.79 Å². The van der Waals surface area contributed by atoms with E-state index in [1.807, 2.05) is 45.0 Å². The normalized spacial score (nSPS) is 12.5. The van der Waals surface area contributed by atoms with Crippen LogP contribution in [0.3, 0.4) is 0 Å². The number of amides is 1. The van der Waals surface area contributed by atoms with Gasteiger partial charge >= 0.3 is 0 Å². The number of hydrogen-bond donors (Lipinski definition) is 2. The first-order valence-corrected chi connectivity index (χ1v) is 5.74. The van der Waals surface area contributed by atoms with Crippen LogP contribution in [0.15, 0.2) is 24.3 Å². The summed E-state index contributed by atoms with van der Waals surface area (Å²) in [5.41, 5.74) is 6.42. The summed E-state index contributed by atoms with van der Waals surface area (Å²) in [4.78, 5) is 11.2. The molecule has 0 radical (unpaired) electrons. The Hall–Kier alpha value is -1.55. The quantitative estimate of drug-likeness (QED) is 0.780. The molecule has 0 aromatic heterocycles. The zero-order valence-electron chi connectivity index (χ0n) is 10.6. The van der Waals surface area contributed by atoms with Gasteiger partial charge in [0.15, 0.2) is 0 Å². The van der Waals surface area contributed by atoms with Crippen molar-refractivity contribution in [2.75, 3.05) is 6.61 Å². The van der Waals surface area contributed by atoms with Gasteiger partial charge in [-0.2, -0.15) is 0 Å². The third-order valence-electron chi connectivity index (χ3n) is 2.28. The Labute approximate surface area is 102 Å². The summed E-state index contributed by atoms with van der Waals surface area (Å²) in [6.45, 7) is 6.16. The van der Waals surface area contributed by atoms with E-state index < -0.39 is 11.9 Å². The van der Waals surface area contributed by atoms with Crippen LogP contribution in [-0.2, 0) is 4.79 Å². The Morgan fingerprint density at radius 3 is 2.71 bits per heavy atom. The van der Waals surface area contributed by atoms with E-state index in [0.717, 1.165) is 11.3 Å². The molecule has 1 atom stereocenters. The largest absolute Gasteiger partial charge is 0.491 e. The fourth-order valence-electron chi connectivity index (χ4n) is 1.50. The number of nitrogens with two attached hydrogens (primary N) is 1. The number of primary amides is 1. The summed E-state index contributed by atoms with van der Waals surface area (Å²) in [6, 6.07) is 7.42. The minimum atomic E-state index is -0.462. The summed E-state index contributed by atoms with van der Waals surface area (Å²) < 4.78 is 5.55. The third-order valence-corrected chi connectivity index (χ3v) is 2.28. The lowest BCUT2D eigenvalue weighted by Crippen LogP contribution is -2.48. The SMILES string of the molecule is Cc1cccc(OCC(NC(C)C)C(N)=O)c1. The lowest BCUT2D eigenvalue weighted by Gasteiger charge is -2.18. The van der Waals surface area contributed by atoms with Gasteiger partial charge in [-0.3, -0.25) is 4.79 Å². The molecule has 0 aliphatic heterocycles. The fourth-order valence-corrected chi connectivity index (χ4v) is 1.50. The Morgan fingerprint density at radius 2 is 2.18 bits per heavy atom. The number of carbonyl (C=O) groups is 1. The molecule has 0 bridgehead atoms. The van der Waals surface area contributed by atoms with Crippen molar-refractivity contribution in [2.45, 2.75) is 32.9 Å². The molecule has 1 rings (SSSR count). The lowest BCUT2D eigenvalue weighted by molar-refractivity contribution is -0.120. The van der Waals surface area contributed by atoms with Crippen LogP contribution in [0, 0.1) is 6.92 Å². The van der Waals surface area contributed by atoms with Crippen molar-refractivity contribution >= 4 is 5.91 Å². The minimum Gasteiger partial charge on any atom is -0.491 e. The zero-order valence-corrected chi connectivity index (χ0v) is 10.6. The van der Waals surface area contributed by atoms with E-state index in [4.69, 9.17) is 10.5 Å². The number of nitrogens with one attached hydrogen (secondary N) is 1. The van der Waals surface area contributed by atoms with E-state index in [0.29, 0.717) is 0 Å². The van der Waals surface area contributed by atoms with Gasteiger partial charge in [-0.05, 0) is 24.6 Å². The highest BCUT2D eigenvalue weighted by atomic mass is 16.5. The van der Waals surface area contributed by atoms with E-state index in [2.05, 4.69) is 5.32 Å². The standard InChI is InChI=1S/C13H20N2O2/c1-9(2)15-12(13(14)16)8-17-11-6-4-5-10(3)7-11/h4-7,9,12,15H,8H2,1-3H3,(H2,14,16). The maximum atomic E-state index is 11.2. The highest BCUT2D eigenvalue weighted by Crippen LogP contribution is 2.12. The molecule has 4 nitrogen and oxygen atoms in total. The Kier molecular flexibility index (Phi) is 4.97. The number of ether oxygens (including phenoxy) is 1. The van der Waals surface area contributed by atoms with Gasteiger partial charge in [-0.25, -0.2) is 0 Å². The topological polar surface area (TPSA) is 64.3 Å². The molecule has 0 aliphatic rings. The molecule has 0 saturated heterocycles. The summed E-state index contributed by atoms with van der Waals surface area (Å²) in [5, 5.41) is 3.06. The zero-order chi connectivity index (χ0) is 12.8. The number of rotatable bonds is 6. The second-order valence-electron chi connectivity index (χ2n) is 4.40. The molecule has 1 amide bonds. The van der Waals surface area contributed by atoms with Crippen molar-refractivity contribution in [3.8, 4) is 5.75 Å². The van der Waals surface area contributed by atoms with Crippen LogP contribution in [0.1, 0.15) is 19.4 Å². The summed E-state index contributed by atoms with van der Waals surface area (Å²) in [5.74, 6) is 0.355. The summed E-state index contributed by atoms with van der Waals surface area (Å²) >= 11 is 0. The summed E-state index contributed by atoms with van der Waals surface area (Å²) in [7, 11) is 0. The van der Waals surface area contributed by atoms with E-state index >= 15 is 0 Å². The van der Waals surface area contributed by atoms with Crippen LogP contribution in [0.4, 0.5) is 0 Å². The predicted octanol–water partition coefficient (Wildman–Crippen LogP) is 1.23. The van der Waals surface area contributed by atoms with E-state index in [1.165, 1.54) is 0 Å². The van der Waals surface area contributed by atoms with Gasteiger partial charge in [0.2, 0.25) is 5.91 Å². The second-order valence-corrected chi connectivity index (χ2v) is 4.40. The molecule has 94 valence electrons. The van der Waals surface area contributed by atoms with Gasteiger partial charge in [0.1, 0.15) is 18.4 Å². The van der Waals surface area contributed by atoms with Crippen LogP contribution in [0.2, 0.25) is 0 Å². The van der Waals surface area contributed by atoms with Crippen LogP contribution in [-0.4, -0.2) is 24.6 Å². The van der Waals surface area contributed by atoms with Crippen molar-refractivity contribution < 1.29 is 9.53 Å². The van der Waals surface area contributed by atoms with E-state index in [-0.39, 0.29) is 12.6 Å². The Bertz CT molecular complexity index is 377. The molecule has 0 fully saturated rings. The van der Waals surface area contributed by atoms with Gasteiger partial charge in [-0.1, -0.05) is 26.0 Å². The number of benzene rings is 1. The first kappa shape index (κ1) is 13.5. The van der Waals surface area contributed by atoms with Crippen LogP contribution in [0.5, 0.6) is 5.75 Å². The highest BCUT2D eigenvalue weighted by molar-refractivity contribution is 5.80. The number of aryl methyl sites for hydroxylation is 1. The molecule has 0 spiro atoms. The first-order chi connectivity index (χ1) is 7.99. The molecule has 0 aliphatic carbocycles. The van der Waals surface area contributed by atoms with Crippen molar-refractivity contribution in [3.05, 3.63) is 29.8 Å². The highest BCUT2D eigenvalue weighted by Gasteiger charge is 2.16. The molecule has 0 saturated carbocycles. The Morgan fingerprint density at radius 1 is 1.47 bits per heavy atom. The van der Waals surface area contributed by atoms with Crippen molar-refractivity contribution in [1.82, 2.24) is 5.32 Å². The average Bonchev–Trinajstić information content (AvgIpc) is 2.23. The van der Waals surface area contributed by atoms with Gasteiger partial charge in [0.05, 0.1) is 0 Å². The average molecular weight is 236 g/mol. The van der Waals surface area contributed by atoms with Crippen molar-refractivity contribution in [2.24, 2.45) is 5.73 Å². The molecular weight excluding hydrogens is 216 g/mol. The summed E-state index contributed by atoms with van der Waals surface area (Å²) in [6.07, 6.45) is 0. The molecule has 1 unspecified atom stereocenters. The fraction of sp³-hybridized carbons (Fsp3) is 0.462. The van der Waals surface area contributed by atoms with Gasteiger partial charge in [0.25, 0.3) is 0 Å². The minimum absolute atomic E-state index is 0.189. The van der Waals surface area contributed by atoms with E-state index in [1.54, 1.807) is 0 Å². The van der Waals surface area contributed by atoms with Crippen LogP contribution < -0.4 is 15.8 Å². The van der Waals surface area contributed by atoms with Gasteiger partial charge < -0.3 is 15.8 Å². The molecule has 3 N–H and O–H groups in total. The maximum absolute atomic E-state index is 11.2. The number of hydrogen-bond acceptors (Lipinski definition) is 3. The first-order valence-electron chi connectivity index (χ1n) is 5.74. The van der Waals surface area contributed by atoms with Crippen molar-refractivity contribution in [3.63, 3.8) is 0 Å². The van der Waals surface area contributed by atoms with Gasteiger partial charge in [-0.15, -0.1) is 0 Å². The molecule has 1 aromatic carbocycles. The molecule has 1 aromatic rings. The van der Waals surface area contributed by atoms with Crippen molar-refractivity contribution in [1.29, 1.82) is 0 Å². The molecular formula is C13H20N2O2. The third kappa shape index (κ3) is 4.87. The maximum Gasteiger partial charge on any atom is 0.238 e. The monoisotopic (exact) mass is 236 g/mol. The van der Waals surface area contributed by atoms with Gasteiger partial charge in [0, 0.05) is 6.04 Å². The smallest absolute Gasteiger partial charge is 0.238 e. The van der Waals surface area contributed by atoms with Crippen LogP contribution >= 0.6 is 0 Å². The lowest BCUT2D eigenvalue weighted by atomic mass is 10.2. The number of carbonyl (C=O) groups excluding carboxylic acids is 1. The molecule has 17 heavy (non-hydrogen) atoms. The molecule has 0 heterocycles. The van der Waals surface area contributed by atoms with Crippen LogP contribution in [0.25, 0.3) is 0 Å². The Balaban J connectivity index is 2.54. The second kappa shape index (κ2) is 6.25. The molecule has 4 heteroatoms. The predicted molar refractivity (Wildman–Crippen MR) is 67.9 cm³/mol.